The van der Waals surface area contributed by atoms with Crippen molar-refractivity contribution in [3.05, 3.63) is 45.4 Å². The molecule has 3 N–H and O–H groups in total. The molecule has 4 rings (SSSR count). The van der Waals surface area contributed by atoms with Crippen LogP contribution in [0.5, 0.6) is 0 Å². The van der Waals surface area contributed by atoms with Crippen molar-refractivity contribution in [1.82, 2.24) is 20.2 Å². The lowest BCUT2D eigenvalue weighted by Crippen LogP contribution is -2.42. The van der Waals surface area contributed by atoms with Gasteiger partial charge in [-0.3, -0.25) is 9.59 Å². The number of benzene rings is 2. The van der Waals surface area contributed by atoms with Gasteiger partial charge >= 0.3 is 12.4 Å². The van der Waals surface area contributed by atoms with Gasteiger partial charge in [-0.05, 0) is 36.6 Å². The zero-order valence-corrected chi connectivity index (χ0v) is 27.0. The Balaban J connectivity index is 1.71. The summed E-state index contributed by atoms with van der Waals surface area (Å²) in [7, 11) is 1.63. The summed E-state index contributed by atoms with van der Waals surface area (Å²) in [5, 5.41) is 8.57. The molecule has 252 valence electrons. The summed E-state index contributed by atoms with van der Waals surface area (Å²) in [5.41, 5.74) is 0.942. The van der Waals surface area contributed by atoms with E-state index in [1.807, 2.05) is 0 Å². The van der Waals surface area contributed by atoms with Crippen molar-refractivity contribution >= 4 is 63.4 Å². The van der Waals surface area contributed by atoms with Gasteiger partial charge in [0.05, 0.1) is 50.4 Å². The molecule has 2 amide bonds. The summed E-state index contributed by atoms with van der Waals surface area (Å²) in [4.78, 5) is 31.5. The molecule has 0 radical (unpaired) electrons. The van der Waals surface area contributed by atoms with Crippen molar-refractivity contribution in [2.45, 2.75) is 58.9 Å². The first kappa shape index (κ1) is 35.5. The highest BCUT2D eigenvalue weighted by molar-refractivity contribution is 6.39. The summed E-state index contributed by atoms with van der Waals surface area (Å²) in [6, 6.07) is 6.10. The van der Waals surface area contributed by atoms with E-state index in [1.165, 1.54) is 17.0 Å². The maximum atomic E-state index is 13.7. The van der Waals surface area contributed by atoms with Crippen LogP contribution in [0, 0.1) is 11.3 Å². The van der Waals surface area contributed by atoms with Gasteiger partial charge in [0.25, 0.3) is 5.91 Å². The van der Waals surface area contributed by atoms with Crippen LogP contribution in [0.1, 0.15) is 56.0 Å². The van der Waals surface area contributed by atoms with E-state index in [4.69, 9.17) is 23.2 Å². The molecule has 1 aliphatic rings. The molecule has 46 heavy (non-hydrogen) atoms. The average molecular weight is 696 g/mol. The first-order valence-electron chi connectivity index (χ1n) is 14.5. The van der Waals surface area contributed by atoms with Crippen molar-refractivity contribution in [2.75, 3.05) is 29.9 Å². The number of nitrogens with zero attached hydrogens (tertiary/aromatic N) is 3. The number of carbonyl (C=O) groups is 2. The zero-order valence-electron chi connectivity index (χ0n) is 25.5. The lowest BCUT2D eigenvalue weighted by Gasteiger charge is -2.36. The Bertz CT molecular complexity index is 1620. The van der Waals surface area contributed by atoms with E-state index in [9.17, 15) is 35.9 Å². The predicted octanol–water partition coefficient (Wildman–Crippen LogP) is 7.75. The Morgan fingerprint density at radius 3 is 2.37 bits per heavy atom. The normalized spacial score (nSPS) is 16.1. The van der Waals surface area contributed by atoms with Crippen LogP contribution in [-0.4, -0.2) is 53.4 Å². The SMILES string of the molecule is Cn1c(Nc2c(Cl)ccc(CNC(=O)C(C)(C)C)c2Cl)nc2cc(C(=O)NCCC(F)(F)F)c(N3CCC[C@H](C(F)(F)F)C3)cc21. The van der Waals surface area contributed by atoms with Crippen LogP contribution in [0.15, 0.2) is 24.3 Å². The van der Waals surface area contributed by atoms with Gasteiger partial charge in [-0.15, -0.1) is 0 Å². The van der Waals surface area contributed by atoms with E-state index in [0.717, 1.165) is 0 Å². The van der Waals surface area contributed by atoms with Crippen LogP contribution in [0.4, 0.5) is 43.7 Å². The Labute approximate surface area is 271 Å². The quantitative estimate of drug-likeness (QED) is 0.210. The number of fused-ring (bicyclic) bond motifs is 1. The Kier molecular flexibility index (Phi) is 10.3. The lowest BCUT2D eigenvalue weighted by atomic mass is 9.95. The fourth-order valence-electron chi connectivity index (χ4n) is 5.06. The average Bonchev–Trinajstić information content (AvgIpc) is 3.26. The second-order valence-corrected chi connectivity index (χ2v) is 13.0. The molecule has 0 aliphatic carbocycles. The number of nitrogens with one attached hydrogen (secondary N) is 3. The number of carbonyl (C=O) groups excluding carboxylic acids is 2. The molecule has 16 heteroatoms. The molecule has 0 bridgehead atoms. The number of alkyl halides is 6. The Hall–Kier alpha value is -3.39. The van der Waals surface area contributed by atoms with Gasteiger partial charge < -0.3 is 25.4 Å². The highest BCUT2D eigenvalue weighted by Crippen LogP contribution is 2.39. The molecule has 0 saturated carbocycles. The molecule has 0 spiro atoms. The monoisotopic (exact) mass is 694 g/mol. The number of hydrogen-bond acceptors (Lipinski definition) is 5. The predicted molar refractivity (Wildman–Crippen MR) is 166 cm³/mol. The van der Waals surface area contributed by atoms with Gasteiger partial charge in [-0.2, -0.15) is 26.3 Å². The van der Waals surface area contributed by atoms with Crippen LogP contribution in [-0.2, 0) is 18.4 Å². The molecule has 1 atom stereocenters. The largest absolute Gasteiger partial charge is 0.393 e. The number of imidazole rings is 1. The molecule has 0 unspecified atom stereocenters. The molecule has 1 aliphatic heterocycles. The number of anilines is 3. The minimum atomic E-state index is -4.51. The summed E-state index contributed by atoms with van der Waals surface area (Å²) < 4.78 is 80.8. The summed E-state index contributed by atoms with van der Waals surface area (Å²) in [6.45, 7) is 4.53. The van der Waals surface area contributed by atoms with Gasteiger partial charge in [0.1, 0.15) is 0 Å². The number of aryl methyl sites for hydroxylation is 1. The van der Waals surface area contributed by atoms with Gasteiger partial charge in [-0.1, -0.05) is 50.0 Å². The Morgan fingerprint density at radius 2 is 1.74 bits per heavy atom. The van der Waals surface area contributed by atoms with Crippen molar-refractivity contribution in [3.8, 4) is 0 Å². The molecule has 1 saturated heterocycles. The standard InChI is InChI=1S/C30H34Cl2F6N6O2/c1-28(2,3)26(46)40-14-16-7-8-19(31)24(23(16)32)42-27-41-20-12-18(25(45)39-10-9-29(33,34)35)21(13-22(20)43(27)4)44-11-5-6-17(15-44)30(36,37)38/h7-8,12-13,17H,5-6,9-11,14-15H2,1-4H3,(H,39,45)(H,40,46)(H,41,42)/t17-/m0/s1. The van der Waals surface area contributed by atoms with Crippen LogP contribution in [0.25, 0.3) is 11.0 Å². The fraction of sp³-hybridized carbons (Fsp3) is 0.500. The molecule has 2 heterocycles. The number of hydrogen-bond donors (Lipinski definition) is 3. The number of piperidine rings is 1. The second-order valence-electron chi connectivity index (χ2n) is 12.3. The minimum absolute atomic E-state index is 0.0738. The molecular formula is C30H34Cl2F6N6O2. The van der Waals surface area contributed by atoms with E-state index >= 15 is 0 Å². The first-order valence-corrected chi connectivity index (χ1v) is 15.2. The number of halogens is 8. The third-order valence-electron chi connectivity index (χ3n) is 7.69. The summed E-state index contributed by atoms with van der Waals surface area (Å²) in [6.07, 6.45) is -10.1. The zero-order chi connectivity index (χ0) is 34.2. The first-order chi connectivity index (χ1) is 21.3. The molecule has 8 nitrogen and oxygen atoms in total. The lowest BCUT2D eigenvalue weighted by molar-refractivity contribution is -0.176. The molecule has 3 aromatic rings. The van der Waals surface area contributed by atoms with E-state index < -0.39 is 49.1 Å². The maximum Gasteiger partial charge on any atom is 0.393 e. The topological polar surface area (TPSA) is 91.3 Å². The van der Waals surface area contributed by atoms with Crippen LogP contribution in [0.3, 0.4) is 0 Å². The van der Waals surface area contributed by atoms with Crippen LogP contribution >= 0.6 is 23.2 Å². The van der Waals surface area contributed by atoms with Crippen molar-refractivity contribution in [1.29, 1.82) is 0 Å². The van der Waals surface area contributed by atoms with Gasteiger partial charge in [0.2, 0.25) is 11.9 Å². The molecule has 1 fully saturated rings. The van der Waals surface area contributed by atoms with Gasteiger partial charge in [-0.25, -0.2) is 4.98 Å². The van der Waals surface area contributed by atoms with Gasteiger partial charge in [0.15, 0.2) is 0 Å². The highest BCUT2D eigenvalue weighted by Gasteiger charge is 2.42. The number of aromatic nitrogens is 2. The van der Waals surface area contributed by atoms with Gasteiger partial charge in [0, 0.05) is 38.6 Å². The van der Waals surface area contributed by atoms with Crippen LogP contribution < -0.4 is 20.9 Å². The Morgan fingerprint density at radius 1 is 1.04 bits per heavy atom. The van der Waals surface area contributed by atoms with E-state index in [-0.39, 0.29) is 70.3 Å². The van der Waals surface area contributed by atoms with Crippen molar-refractivity contribution in [2.24, 2.45) is 18.4 Å². The molecule has 2 aromatic carbocycles. The van der Waals surface area contributed by atoms with Crippen molar-refractivity contribution < 1.29 is 35.9 Å². The van der Waals surface area contributed by atoms with E-state index in [0.29, 0.717) is 11.1 Å². The maximum absolute atomic E-state index is 13.7. The third kappa shape index (κ3) is 8.30. The minimum Gasteiger partial charge on any atom is -0.370 e. The summed E-state index contributed by atoms with van der Waals surface area (Å²) >= 11 is 13.1. The highest BCUT2D eigenvalue weighted by atomic mass is 35.5. The smallest absolute Gasteiger partial charge is 0.370 e. The molecule has 1 aromatic heterocycles. The second kappa shape index (κ2) is 13.4. The van der Waals surface area contributed by atoms with E-state index in [2.05, 4.69) is 20.9 Å². The van der Waals surface area contributed by atoms with Crippen molar-refractivity contribution in [3.63, 3.8) is 0 Å². The van der Waals surface area contributed by atoms with Crippen LogP contribution in [0.2, 0.25) is 10.0 Å². The van der Waals surface area contributed by atoms with E-state index in [1.54, 1.807) is 44.5 Å². The third-order valence-corrected chi connectivity index (χ3v) is 8.44. The summed E-state index contributed by atoms with van der Waals surface area (Å²) in [5.74, 6) is -2.48. The fourth-order valence-corrected chi connectivity index (χ4v) is 5.59. The number of amides is 2. The number of rotatable bonds is 8. The molecular weight excluding hydrogens is 661 g/mol.